The van der Waals surface area contributed by atoms with Crippen LogP contribution in [0, 0.1) is 5.82 Å². The first-order valence-electron chi connectivity index (χ1n) is 8.50. The van der Waals surface area contributed by atoms with Crippen LogP contribution in [0.3, 0.4) is 0 Å². The van der Waals surface area contributed by atoms with Crippen molar-refractivity contribution >= 4 is 33.6 Å². The van der Waals surface area contributed by atoms with E-state index in [9.17, 15) is 14.0 Å². The molecule has 0 atom stereocenters. The summed E-state index contributed by atoms with van der Waals surface area (Å²) in [6, 6.07) is 11.1. The number of carbonyl (C=O) groups is 2. The molecule has 2 aromatic carbocycles. The van der Waals surface area contributed by atoms with E-state index in [1.807, 2.05) is 0 Å². The van der Waals surface area contributed by atoms with Crippen LogP contribution in [-0.4, -0.2) is 28.8 Å². The van der Waals surface area contributed by atoms with Crippen molar-refractivity contribution < 1.29 is 18.7 Å². The molecule has 0 aliphatic heterocycles. The molecule has 0 saturated heterocycles. The summed E-state index contributed by atoms with van der Waals surface area (Å²) in [5, 5.41) is 0.735. The van der Waals surface area contributed by atoms with Gasteiger partial charge in [0, 0.05) is 22.0 Å². The highest BCUT2D eigenvalue weighted by Crippen LogP contribution is 2.32. The van der Waals surface area contributed by atoms with Gasteiger partial charge in [-0.25, -0.2) is 9.37 Å². The number of hydrogen-bond acceptors (Lipinski definition) is 4. The minimum Gasteiger partial charge on any atom is -0.494 e. The lowest BCUT2D eigenvalue weighted by molar-refractivity contribution is 0.0997. The summed E-state index contributed by atoms with van der Waals surface area (Å²) in [7, 11) is 1.38. The van der Waals surface area contributed by atoms with Gasteiger partial charge in [0.15, 0.2) is 17.3 Å². The summed E-state index contributed by atoms with van der Waals surface area (Å²) in [4.78, 5) is 31.4. The van der Waals surface area contributed by atoms with Gasteiger partial charge < -0.3 is 15.5 Å². The number of ether oxygens (including phenoxy) is 1. The summed E-state index contributed by atoms with van der Waals surface area (Å²) in [6.07, 6.45) is 0. The third-order valence-electron chi connectivity index (χ3n) is 4.67. The number of pyridine rings is 1. The summed E-state index contributed by atoms with van der Waals surface area (Å²) >= 11 is 0. The maximum atomic E-state index is 14.1. The lowest BCUT2D eigenvalue weighted by atomic mass is 10.1. The Morgan fingerprint density at radius 3 is 2.57 bits per heavy atom. The minimum absolute atomic E-state index is 0.0713. The molecule has 0 radical (unpaired) electrons. The van der Waals surface area contributed by atoms with Gasteiger partial charge in [0.05, 0.1) is 29.4 Å². The molecular formula is C21H16FN3O3. The number of rotatable bonds is 4. The number of primary amides is 1. The molecule has 6 nitrogen and oxygen atoms in total. The molecule has 0 saturated carbocycles. The van der Waals surface area contributed by atoms with E-state index < -0.39 is 11.7 Å². The fourth-order valence-corrected chi connectivity index (χ4v) is 3.24. The van der Waals surface area contributed by atoms with Crippen molar-refractivity contribution in [3.63, 3.8) is 0 Å². The molecule has 140 valence electrons. The number of nitrogens with zero attached hydrogens (tertiary/aromatic N) is 1. The van der Waals surface area contributed by atoms with Crippen LogP contribution in [0.5, 0.6) is 5.75 Å². The molecule has 0 spiro atoms. The number of H-pyrrole nitrogens is 1. The number of methoxy groups -OCH3 is 1. The average molecular weight is 377 g/mol. The second kappa shape index (κ2) is 6.45. The smallest absolute Gasteiger partial charge is 0.250 e. The maximum Gasteiger partial charge on any atom is 0.250 e. The Morgan fingerprint density at radius 1 is 1.14 bits per heavy atom. The molecule has 7 heteroatoms. The predicted molar refractivity (Wildman–Crippen MR) is 104 cm³/mol. The molecule has 0 unspecified atom stereocenters. The highest BCUT2D eigenvalue weighted by atomic mass is 19.1. The summed E-state index contributed by atoms with van der Waals surface area (Å²) < 4.78 is 19.1. The van der Waals surface area contributed by atoms with E-state index in [4.69, 9.17) is 10.5 Å². The highest BCUT2D eigenvalue weighted by molar-refractivity contribution is 6.14. The molecule has 3 N–H and O–H groups in total. The number of aromatic amines is 1. The van der Waals surface area contributed by atoms with E-state index in [0.717, 1.165) is 5.39 Å². The van der Waals surface area contributed by atoms with Crippen LogP contribution < -0.4 is 10.5 Å². The van der Waals surface area contributed by atoms with Crippen LogP contribution in [-0.2, 0) is 0 Å². The predicted octanol–water partition coefficient (Wildman–Crippen LogP) is 3.83. The number of nitrogens with one attached hydrogen (secondary N) is 1. The molecule has 28 heavy (non-hydrogen) atoms. The first-order valence-corrected chi connectivity index (χ1v) is 8.50. The van der Waals surface area contributed by atoms with E-state index in [-0.39, 0.29) is 17.1 Å². The van der Waals surface area contributed by atoms with E-state index in [2.05, 4.69) is 9.97 Å². The first-order chi connectivity index (χ1) is 13.4. The number of Topliss-reactive ketones (excluding diaryl/α,β-unsaturated/α-hetero) is 1. The van der Waals surface area contributed by atoms with Gasteiger partial charge in [0.25, 0.3) is 5.91 Å². The van der Waals surface area contributed by atoms with Crippen LogP contribution >= 0.6 is 0 Å². The molecule has 0 aliphatic rings. The van der Waals surface area contributed by atoms with Crippen LogP contribution in [0.1, 0.15) is 27.6 Å². The normalized spacial score (nSPS) is 11.1. The number of aromatic nitrogens is 2. The first kappa shape index (κ1) is 17.7. The van der Waals surface area contributed by atoms with E-state index >= 15 is 0 Å². The minimum atomic E-state index is -0.638. The number of halogens is 1. The molecule has 0 fully saturated rings. The molecule has 4 rings (SSSR count). The van der Waals surface area contributed by atoms with Crippen molar-refractivity contribution in [3.8, 4) is 17.0 Å². The molecule has 0 aliphatic carbocycles. The fraction of sp³-hybridized carbons (Fsp3) is 0.0952. The SMILES string of the molecule is COc1ccc(-c2cc(C(N)=O)c3[nH]c4cc(C(C)=O)ccc4c3n2)cc1F. The molecule has 0 bridgehead atoms. The largest absolute Gasteiger partial charge is 0.494 e. The zero-order valence-electron chi connectivity index (χ0n) is 15.2. The maximum absolute atomic E-state index is 14.1. The monoisotopic (exact) mass is 377 g/mol. The summed E-state index contributed by atoms with van der Waals surface area (Å²) in [6.45, 7) is 1.48. The Hall–Kier alpha value is -3.74. The van der Waals surface area contributed by atoms with Gasteiger partial charge in [-0.15, -0.1) is 0 Å². The summed E-state index contributed by atoms with van der Waals surface area (Å²) in [5.41, 5.74) is 8.88. The van der Waals surface area contributed by atoms with Gasteiger partial charge in [-0.05, 0) is 43.3 Å². The van der Waals surface area contributed by atoms with Crippen LogP contribution in [0.2, 0.25) is 0 Å². The number of amides is 1. The van der Waals surface area contributed by atoms with Gasteiger partial charge >= 0.3 is 0 Å². The molecule has 4 aromatic rings. The van der Waals surface area contributed by atoms with Crippen molar-refractivity contribution in [2.75, 3.05) is 7.11 Å². The number of nitrogens with two attached hydrogens (primary N) is 1. The van der Waals surface area contributed by atoms with Crippen LogP contribution in [0.25, 0.3) is 33.2 Å². The van der Waals surface area contributed by atoms with Gasteiger partial charge in [-0.3, -0.25) is 9.59 Å². The van der Waals surface area contributed by atoms with Crippen molar-refractivity contribution in [1.29, 1.82) is 0 Å². The van der Waals surface area contributed by atoms with Gasteiger partial charge in [-0.2, -0.15) is 0 Å². The third kappa shape index (κ3) is 2.77. The highest BCUT2D eigenvalue weighted by Gasteiger charge is 2.17. The second-order valence-corrected chi connectivity index (χ2v) is 6.43. The number of ketones is 1. The zero-order valence-corrected chi connectivity index (χ0v) is 15.2. The number of hydrogen-bond donors (Lipinski definition) is 2. The topological polar surface area (TPSA) is 98.1 Å². The fourth-order valence-electron chi connectivity index (χ4n) is 3.24. The molecule has 2 aromatic heterocycles. The standard InChI is InChI=1S/C21H16FN3O3/c1-10(26)11-3-5-13-17(8-11)25-20-14(21(23)27)9-16(24-19(13)20)12-4-6-18(28-2)15(22)7-12/h3-9,25H,1-2H3,(H2,23,27). The van der Waals surface area contributed by atoms with Crippen LogP contribution in [0.4, 0.5) is 4.39 Å². The van der Waals surface area contributed by atoms with Crippen molar-refractivity contribution in [1.82, 2.24) is 9.97 Å². The van der Waals surface area contributed by atoms with E-state index in [1.165, 1.54) is 32.2 Å². The van der Waals surface area contributed by atoms with Crippen LogP contribution in [0.15, 0.2) is 42.5 Å². The molecular weight excluding hydrogens is 361 g/mol. The molecule has 2 heterocycles. The van der Waals surface area contributed by atoms with E-state index in [1.54, 1.807) is 24.3 Å². The average Bonchev–Trinajstić information content (AvgIpc) is 3.04. The van der Waals surface area contributed by atoms with Gasteiger partial charge in [0.2, 0.25) is 0 Å². The second-order valence-electron chi connectivity index (χ2n) is 6.43. The Labute approximate surface area is 159 Å². The lowest BCUT2D eigenvalue weighted by Crippen LogP contribution is -2.12. The number of fused-ring (bicyclic) bond motifs is 3. The quantitative estimate of drug-likeness (QED) is 0.528. The summed E-state index contributed by atoms with van der Waals surface area (Å²) in [5.74, 6) is -1.13. The van der Waals surface area contributed by atoms with Crippen molar-refractivity contribution in [2.24, 2.45) is 5.73 Å². The number of benzene rings is 2. The zero-order chi connectivity index (χ0) is 20.0. The Morgan fingerprint density at radius 2 is 1.93 bits per heavy atom. The Bertz CT molecular complexity index is 1280. The van der Waals surface area contributed by atoms with Crippen molar-refractivity contribution in [2.45, 2.75) is 6.92 Å². The van der Waals surface area contributed by atoms with Crippen molar-refractivity contribution in [3.05, 3.63) is 59.4 Å². The Kier molecular flexibility index (Phi) is 4.07. The number of carbonyl (C=O) groups excluding carboxylic acids is 2. The third-order valence-corrected chi connectivity index (χ3v) is 4.67. The molecule has 1 amide bonds. The van der Waals surface area contributed by atoms with E-state index in [0.29, 0.717) is 33.4 Å². The van der Waals surface area contributed by atoms with Gasteiger partial charge in [-0.1, -0.05) is 6.07 Å². The van der Waals surface area contributed by atoms with Gasteiger partial charge in [0.1, 0.15) is 0 Å². The lowest BCUT2D eigenvalue weighted by Gasteiger charge is -2.07. The Balaban J connectivity index is 2.01.